The molecule has 174 valence electrons. The van der Waals surface area contributed by atoms with E-state index < -0.39 is 20.4 Å². The van der Waals surface area contributed by atoms with Crippen molar-refractivity contribution in [2.24, 2.45) is 0 Å². The van der Waals surface area contributed by atoms with Gasteiger partial charge in [0.05, 0.1) is 20.8 Å². The van der Waals surface area contributed by atoms with Gasteiger partial charge in [0.2, 0.25) is 12.0 Å². The first-order chi connectivity index (χ1) is 15.0. The third-order valence-electron chi connectivity index (χ3n) is 5.49. The highest BCUT2D eigenvalue weighted by molar-refractivity contribution is 7.79. The number of benzene rings is 1. The Morgan fingerprint density at radius 1 is 1.12 bits per heavy atom. The van der Waals surface area contributed by atoms with Gasteiger partial charge in [0.15, 0.2) is 8.32 Å². The fourth-order valence-corrected chi connectivity index (χ4v) is 3.70. The van der Waals surface area contributed by atoms with E-state index in [9.17, 15) is 4.79 Å². The van der Waals surface area contributed by atoms with Crippen molar-refractivity contribution in [3.63, 3.8) is 0 Å². The van der Waals surface area contributed by atoms with Crippen molar-refractivity contribution < 1.29 is 28.2 Å². The van der Waals surface area contributed by atoms with Gasteiger partial charge in [0, 0.05) is 29.5 Å². The standard InChI is InChI=1S/C23H31NO6SSi/c1-23(2,3)32(6,7)28-15-18-17(13-14-24-20(18)26-4)19(21(25)27-5)30-22(31)29-16-11-9-8-10-12-16/h8-14,19H,15H2,1-7H3. The lowest BCUT2D eigenvalue weighted by atomic mass is 10.0. The van der Waals surface area contributed by atoms with Gasteiger partial charge in [0.25, 0.3) is 0 Å². The second kappa shape index (κ2) is 10.9. The minimum atomic E-state index is -2.09. The summed E-state index contributed by atoms with van der Waals surface area (Å²) in [4.78, 5) is 16.9. The smallest absolute Gasteiger partial charge is 0.359 e. The fraction of sp³-hybridized carbons (Fsp3) is 0.435. The summed E-state index contributed by atoms with van der Waals surface area (Å²) in [6.07, 6.45) is 0.357. The number of aromatic nitrogens is 1. The van der Waals surface area contributed by atoms with Crippen LogP contribution in [0.1, 0.15) is 38.0 Å². The van der Waals surface area contributed by atoms with Crippen LogP contribution in [-0.4, -0.2) is 38.7 Å². The van der Waals surface area contributed by atoms with E-state index in [2.05, 4.69) is 38.8 Å². The Bertz CT molecular complexity index is 930. The maximum absolute atomic E-state index is 12.7. The quantitative estimate of drug-likeness (QED) is 0.291. The maximum Gasteiger partial charge on any atom is 0.359 e. The Balaban J connectivity index is 2.36. The van der Waals surface area contributed by atoms with Crippen LogP contribution in [0.4, 0.5) is 0 Å². The van der Waals surface area contributed by atoms with Crippen LogP contribution in [-0.2, 0) is 25.3 Å². The number of ether oxygens (including phenoxy) is 4. The van der Waals surface area contributed by atoms with Crippen LogP contribution in [0.2, 0.25) is 18.1 Å². The molecule has 2 aromatic rings. The Morgan fingerprint density at radius 2 is 1.78 bits per heavy atom. The van der Waals surface area contributed by atoms with Gasteiger partial charge in [-0.25, -0.2) is 9.78 Å². The molecule has 0 fully saturated rings. The van der Waals surface area contributed by atoms with Crippen molar-refractivity contribution in [1.29, 1.82) is 0 Å². The number of hydrogen-bond donors (Lipinski definition) is 0. The summed E-state index contributed by atoms with van der Waals surface area (Å²) < 4.78 is 28.1. The summed E-state index contributed by atoms with van der Waals surface area (Å²) in [6, 6.07) is 10.6. The average Bonchev–Trinajstić information content (AvgIpc) is 2.75. The zero-order valence-electron chi connectivity index (χ0n) is 19.6. The molecule has 0 amide bonds. The van der Waals surface area contributed by atoms with E-state index in [0.717, 1.165) is 0 Å². The first-order valence-corrected chi connectivity index (χ1v) is 13.5. The number of hydrogen-bond acceptors (Lipinski definition) is 8. The molecule has 9 heteroatoms. The molecule has 1 heterocycles. The number of rotatable bonds is 8. The Kier molecular flexibility index (Phi) is 8.77. The molecule has 32 heavy (non-hydrogen) atoms. The summed E-state index contributed by atoms with van der Waals surface area (Å²) in [5.41, 5.74) is 1.08. The van der Waals surface area contributed by atoms with Gasteiger partial charge in [-0.1, -0.05) is 39.0 Å². The molecule has 0 bridgehead atoms. The lowest BCUT2D eigenvalue weighted by Crippen LogP contribution is -2.40. The molecule has 1 unspecified atom stereocenters. The third-order valence-corrected chi connectivity index (χ3v) is 10.1. The molecule has 0 saturated heterocycles. The van der Waals surface area contributed by atoms with Crippen LogP contribution in [0.15, 0.2) is 42.6 Å². The van der Waals surface area contributed by atoms with Crippen LogP contribution < -0.4 is 9.47 Å². The molecule has 0 saturated carbocycles. The van der Waals surface area contributed by atoms with Crippen molar-refractivity contribution in [3.8, 4) is 11.6 Å². The lowest BCUT2D eigenvalue weighted by Gasteiger charge is -2.36. The molecule has 0 aliphatic carbocycles. The predicted molar refractivity (Wildman–Crippen MR) is 128 cm³/mol. The summed E-state index contributed by atoms with van der Waals surface area (Å²) in [5.74, 6) is 0.203. The zero-order chi connectivity index (χ0) is 23.9. The Hall–Kier alpha value is -2.49. The second-order valence-corrected chi connectivity index (χ2v) is 13.8. The molecule has 0 aliphatic rings. The molecule has 0 spiro atoms. The molecule has 0 aliphatic heterocycles. The van der Waals surface area contributed by atoms with Crippen molar-refractivity contribution in [2.45, 2.75) is 51.6 Å². The number of pyridine rings is 1. The van der Waals surface area contributed by atoms with Gasteiger partial charge in [-0.05, 0) is 36.3 Å². The largest absolute Gasteiger partial charge is 0.481 e. The van der Waals surface area contributed by atoms with Gasteiger partial charge < -0.3 is 23.4 Å². The molecule has 0 radical (unpaired) electrons. The van der Waals surface area contributed by atoms with E-state index in [4.69, 9.17) is 35.6 Å². The van der Waals surface area contributed by atoms with Crippen molar-refractivity contribution in [2.75, 3.05) is 14.2 Å². The third kappa shape index (κ3) is 6.51. The zero-order valence-corrected chi connectivity index (χ0v) is 21.4. The highest BCUT2D eigenvalue weighted by atomic mass is 32.1. The van der Waals surface area contributed by atoms with E-state index in [0.29, 0.717) is 22.8 Å². The summed E-state index contributed by atoms with van der Waals surface area (Å²) in [5, 5.41) is -0.204. The van der Waals surface area contributed by atoms with E-state index in [1.54, 1.807) is 30.3 Å². The van der Waals surface area contributed by atoms with E-state index in [1.165, 1.54) is 20.4 Å². The molecule has 7 nitrogen and oxygen atoms in total. The lowest BCUT2D eigenvalue weighted by molar-refractivity contribution is -0.150. The van der Waals surface area contributed by atoms with Crippen molar-refractivity contribution >= 4 is 31.7 Å². The molecule has 1 atom stereocenters. The number of carbonyl (C=O) groups is 1. The number of para-hydroxylation sites is 1. The fourth-order valence-electron chi connectivity index (χ4n) is 2.57. The average molecular weight is 478 g/mol. The highest BCUT2D eigenvalue weighted by Crippen LogP contribution is 2.38. The Labute approximate surface area is 196 Å². The van der Waals surface area contributed by atoms with Crippen LogP contribution in [0, 0.1) is 0 Å². The van der Waals surface area contributed by atoms with E-state index in [-0.39, 0.29) is 16.9 Å². The molecule has 0 N–H and O–H groups in total. The summed E-state index contributed by atoms with van der Waals surface area (Å²) in [6.45, 7) is 11.0. The molecular weight excluding hydrogens is 446 g/mol. The first kappa shape index (κ1) is 25.8. The number of thiocarbonyl (C=S) groups is 1. The summed E-state index contributed by atoms with van der Waals surface area (Å²) >= 11 is 5.23. The van der Waals surface area contributed by atoms with Crippen molar-refractivity contribution in [1.82, 2.24) is 4.98 Å². The molecule has 1 aromatic carbocycles. The normalized spacial score (nSPS) is 12.6. The minimum absolute atomic E-state index is 0.00590. The highest BCUT2D eigenvalue weighted by Gasteiger charge is 2.38. The van der Waals surface area contributed by atoms with Crippen LogP contribution in [0.25, 0.3) is 0 Å². The van der Waals surface area contributed by atoms with Crippen LogP contribution >= 0.6 is 12.2 Å². The van der Waals surface area contributed by atoms with Crippen LogP contribution in [0.3, 0.4) is 0 Å². The molecular formula is C23H31NO6SSi. The van der Waals surface area contributed by atoms with E-state index >= 15 is 0 Å². The van der Waals surface area contributed by atoms with Gasteiger partial charge >= 0.3 is 11.2 Å². The topological polar surface area (TPSA) is 76.1 Å². The van der Waals surface area contributed by atoms with Gasteiger partial charge in [-0.3, -0.25) is 0 Å². The van der Waals surface area contributed by atoms with Crippen LogP contribution in [0.5, 0.6) is 11.6 Å². The second-order valence-electron chi connectivity index (χ2n) is 8.62. The minimum Gasteiger partial charge on any atom is -0.481 e. The number of esters is 1. The number of methoxy groups -OCH3 is 2. The SMILES string of the molecule is COC(=O)C(OC(=S)Oc1ccccc1)c1ccnc(OC)c1CO[Si](C)(C)C(C)(C)C. The van der Waals surface area contributed by atoms with E-state index in [1.807, 2.05) is 6.07 Å². The molecule has 1 aromatic heterocycles. The van der Waals surface area contributed by atoms with Crippen molar-refractivity contribution in [3.05, 3.63) is 53.7 Å². The van der Waals surface area contributed by atoms with Gasteiger partial charge in [0.1, 0.15) is 5.75 Å². The van der Waals surface area contributed by atoms with Gasteiger partial charge in [-0.15, -0.1) is 0 Å². The first-order valence-electron chi connectivity index (χ1n) is 10.2. The summed E-state index contributed by atoms with van der Waals surface area (Å²) in [7, 11) is 0.704. The maximum atomic E-state index is 12.7. The molecule has 2 rings (SSSR count). The monoisotopic (exact) mass is 477 g/mol. The van der Waals surface area contributed by atoms with Gasteiger partial charge in [-0.2, -0.15) is 0 Å². The predicted octanol–water partition coefficient (Wildman–Crippen LogP) is 5.21. The number of carbonyl (C=O) groups excluding carboxylic acids is 1. The Morgan fingerprint density at radius 3 is 2.34 bits per heavy atom. The number of nitrogens with zero attached hydrogens (tertiary/aromatic N) is 1.